The van der Waals surface area contributed by atoms with Crippen molar-refractivity contribution in [1.82, 2.24) is 14.9 Å². The SMILES string of the molecule is Cc1ncc(C(=O)CBr)c(C2CCN(C(=O)OC(C)(C)C)CC2(F)F)n1. The predicted octanol–water partition coefficient (Wildman–Crippen LogP) is 3.72. The van der Waals surface area contributed by atoms with Gasteiger partial charge in [0.05, 0.1) is 29.1 Å². The summed E-state index contributed by atoms with van der Waals surface area (Å²) in [4.78, 5) is 33.3. The van der Waals surface area contributed by atoms with E-state index in [0.717, 1.165) is 4.90 Å². The molecule has 0 radical (unpaired) electrons. The Morgan fingerprint density at radius 3 is 2.62 bits per heavy atom. The molecular weight excluding hydrogens is 412 g/mol. The minimum absolute atomic E-state index is 0.00521. The number of nitrogens with zero attached hydrogens (tertiary/aromatic N) is 3. The van der Waals surface area contributed by atoms with E-state index in [9.17, 15) is 18.4 Å². The zero-order chi connectivity index (χ0) is 19.7. The first kappa shape index (κ1) is 20.7. The van der Waals surface area contributed by atoms with Crippen LogP contribution in [0.4, 0.5) is 13.6 Å². The van der Waals surface area contributed by atoms with Gasteiger partial charge >= 0.3 is 6.09 Å². The predicted molar refractivity (Wildman–Crippen MR) is 95.0 cm³/mol. The Bertz CT molecular complexity index is 707. The number of carbonyl (C=O) groups is 2. The van der Waals surface area contributed by atoms with E-state index in [2.05, 4.69) is 25.9 Å². The third-order valence-corrected chi connectivity index (χ3v) is 4.45. The van der Waals surface area contributed by atoms with Crippen LogP contribution in [0.5, 0.6) is 0 Å². The van der Waals surface area contributed by atoms with Gasteiger partial charge in [0, 0.05) is 12.7 Å². The molecule has 26 heavy (non-hydrogen) atoms. The largest absolute Gasteiger partial charge is 0.444 e. The Balaban J connectivity index is 2.28. The Hall–Kier alpha value is -1.64. The molecule has 1 unspecified atom stereocenters. The van der Waals surface area contributed by atoms with Gasteiger partial charge in [-0.2, -0.15) is 0 Å². The summed E-state index contributed by atoms with van der Waals surface area (Å²) in [5.41, 5.74) is -0.638. The van der Waals surface area contributed by atoms with Crippen molar-refractivity contribution in [3.63, 3.8) is 0 Å². The number of hydrogen-bond acceptors (Lipinski definition) is 5. The van der Waals surface area contributed by atoms with Crippen molar-refractivity contribution in [1.29, 1.82) is 0 Å². The number of aromatic nitrogens is 2. The Kier molecular flexibility index (Phi) is 5.99. The molecule has 0 N–H and O–H groups in total. The summed E-state index contributed by atoms with van der Waals surface area (Å²) < 4.78 is 34.9. The molecule has 1 atom stereocenters. The molecule has 0 aromatic carbocycles. The topological polar surface area (TPSA) is 72.4 Å². The number of ketones is 1. The second kappa shape index (κ2) is 7.54. The number of Topliss-reactive ketones (excluding diaryl/α,β-unsaturated/α-hetero) is 1. The molecule has 1 aromatic heterocycles. The van der Waals surface area contributed by atoms with E-state index < -0.39 is 30.1 Å². The van der Waals surface area contributed by atoms with E-state index in [4.69, 9.17) is 4.74 Å². The number of amides is 1. The lowest BCUT2D eigenvalue weighted by Gasteiger charge is -2.38. The van der Waals surface area contributed by atoms with Crippen LogP contribution in [-0.4, -0.2) is 56.7 Å². The zero-order valence-electron chi connectivity index (χ0n) is 15.2. The Morgan fingerprint density at radius 2 is 2.08 bits per heavy atom. The molecule has 1 aromatic rings. The minimum Gasteiger partial charge on any atom is -0.444 e. The number of hydrogen-bond donors (Lipinski definition) is 0. The molecule has 144 valence electrons. The number of carbonyl (C=O) groups excluding carboxylic acids is 2. The molecule has 1 aliphatic rings. The van der Waals surface area contributed by atoms with Gasteiger partial charge < -0.3 is 9.64 Å². The van der Waals surface area contributed by atoms with Gasteiger partial charge in [-0.25, -0.2) is 23.5 Å². The lowest BCUT2D eigenvalue weighted by atomic mass is 9.87. The molecule has 0 spiro atoms. The maximum Gasteiger partial charge on any atom is 0.410 e. The summed E-state index contributed by atoms with van der Waals surface area (Å²) in [5, 5.41) is -0.00521. The van der Waals surface area contributed by atoms with Crippen LogP contribution in [0.1, 0.15) is 55.0 Å². The van der Waals surface area contributed by atoms with Crippen LogP contribution in [-0.2, 0) is 4.74 Å². The van der Waals surface area contributed by atoms with Crippen molar-refractivity contribution in [3.05, 3.63) is 23.3 Å². The molecule has 9 heteroatoms. The first-order valence-electron chi connectivity index (χ1n) is 8.23. The van der Waals surface area contributed by atoms with Crippen molar-refractivity contribution in [2.75, 3.05) is 18.4 Å². The summed E-state index contributed by atoms with van der Waals surface area (Å²) in [6.07, 6.45) is 0.495. The summed E-state index contributed by atoms with van der Waals surface area (Å²) in [6, 6.07) is 0. The van der Waals surface area contributed by atoms with Crippen molar-refractivity contribution in [2.45, 2.75) is 51.6 Å². The molecular formula is C17H22BrF2N3O3. The monoisotopic (exact) mass is 433 g/mol. The third kappa shape index (κ3) is 4.75. The van der Waals surface area contributed by atoms with E-state index in [0.29, 0.717) is 5.82 Å². The van der Waals surface area contributed by atoms with Crippen molar-refractivity contribution in [3.8, 4) is 0 Å². The first-order valence-corrected chi connectivity index (χ1v) is 9.35. The van der Waals surface area contributed by atoms with E-state index in [-0.39, 0.29) is 35.3 Å². The fourth-order valence-corrected chi connectivity index (χ4v) is 3.10. The normalized spacial score (nSPS) is 20.0. The second-order valence-electron chi connectivity index (χ2n) is 7.28. The summed E-state index contributed by atoms with van der Waals surface area (Å²) >= 11 is 3.05. The van der Waals surface area contributed by atoms with Crippen molar-refractivity contribution in [2.24, 2.45) is 0 Å². The molecule has 1 amide bonds. The number of alkyl halides is 3. The fraction of sp³-hybridized carbons (Fsp3) is 0.647. The summed E-state index contributed by atoms with van der Waals surface area (Å²) in [5.74, 6) is -4.54. The highest BCUT2D eigenvalue weighted by Gasteiger charge is 2.49. The van der Waals surface area contributed by atoms with Crippen LogP contribution < -0.4 is 0 Å². The van der Waals surface area contributed by atoms with E-state index in [1.807, 2.05) is 0 Å². The van der Waals surface area contributed by atoms with E-state index in [1.165, 1.54) is 6.20 Å². The van der Waals surface area contributed by atoms with Crippen LogP contribution in [0.15, 0.2) is 6.20 Å². The highest BCUT2D eigenvalue weighted by atomic mass is 79.9. The number of rotatable bonds is 3. The van der Waals surface area contributed by atoms with Crippen LogP contribution in [0.25, 0.3) is 0 Å². The molecule has 0 bridgehead atoms. The van der Waals surface area contributed by atoms with Gasteiger partial charge in [-0.05, 0) is 34.1 Å². The average Bonchev–Trinajstić information content (AvgIpc) is 2.51. The molecule has 1 aliphatic heterocycles. The third-order valence-electron chi connectivity index (χ3n) is 3.94. The molecule has 0 aliphatic carbocycles. The van der Waals surface area contributed by atoms with E-state index >= 15 is 0 Å². The molecule has 1 fully saturated rings. The van der Waals surface area contributed by atoms with Gasteiger partial charge in [-0.1, -0.05) is 15.9 Å². The Morgan fingerprint density at radius 1 is 1.42 bits per heavy atom. The number of ether oxygens (including phenoxy) is 1. The standard InChI is InChI=1S/C17H22BrF2N3O3/c1-10-21-8-11(13(24)7-18)14(22-10)12-5-6-23(9-17(12,19)20)15(25)26-16(2,3)4/h8,12H,5-7,9H2,1-4H3. The smallest absolute Gasteiger partial charge is 0.410 e. The van der Waals surface area contributed by atoms with Crippen LogP contribution in [0.2, 0.25) is 0 Å². The maximum atomic E-state index is 14.8. The van der Waals surface area contributed by atoms with Gasteiger partial charge in [-0.3, -0.25) is 4.79 Å². The summed E-state index contributed by atoms with van der Waals surface area (Å²) in [7, 11) is 0. The minimum atomic E-state index is -3.24. The molecule has 0 saturated carbocycles. The lowest BCUT2D eigenvalue weighted by Crippen LogP contribution is -2.51. The van der Waals surface area contributed by atoms with Crippen molar-refractivity contribution >= 4 is 27.8 Å². The number of piperidine rings is 1. The van der Waals surface area contributed by atoms with Gasteiger partial charge in [0.15, 0.2) is 5.78 Å². The molecule has 2 heterocycles. The highest BCUT2D eigenvalue weighted by molar-refractivity contribution is 9.09. The molecule has 1 saturated heterocycles. The van der Waals surface area contributed by atoms with Crippen molar-refractivity contribution < 1.29 is 23.1 Å². The van der Waals surface area contributed by atoms with Crippen LogP contribution >= 0.6 is 15.9 Å². The lowest BCUT2D eigenvalue weighted by molar-refractivity contribution is -0.0859. The second-order valence-corrected chi connectivity index (χ2v) is 7.84. The number of aryl methyl sites for hydroxylation is 1. The zero-order valence-corrected chi connectivity index (χ0v) is 16.8. The summed E-state index contributed by atoms with van der Waals surface area (Å²) in [6.45, 7) is 5.93. The first-order chi connectivity index (χ1) is 11.9. The molecule has 6 nitrogen and oxygen atoms in total. The van der Waals surface area contributed by atoms with E-state index in [1.54, 1.807) is 27.7 Å². The van der Waals surface area contributed by atoms with Gasteiger partial charge in [0.25, 0.3) is 5.92 Å². The van der Waals surface area contributed by atoms with Gasteiger partial charge in [0.1, 0.15) is 11.4 Å². The van der Waals surface area contributed by atoms with Gasteiger partial charge in [0.2, 0.25) is 0 Å². The number of halogens is 3. The van der Waals surface area contributed by atoms with Crippen LogP contribution in [0.3, 0.4) is 0 Å². The maximum absolute atomic E-state index is 14.8. The number of likely N-dealkylation sites (tertiary alicyclic amines) is 1. The fourth-order valence-electron chi connectivity index (χ4n) is 2.80. The quantitative estimate of drug-likeness (QED) is 0.536. The Labute approximate surface area is 159 Å². The van der Waals surface area contributed by atoms with Crippen LogP contribution in [0, 0.1) is 6.92 Å². The highest BCUT2D eigenvalue weighted by Crippen LogP contribution is 2.41. The average molecular weight is 434 g/mol. The molecule has 2 rings (SSSR count). The van der Waals surface area contributed by atoms with Gasteiger partial charge in [-0.15, -0.1) is 0 Å².